The summed E-state index contributed by atoms with van der Waals surface area (Å²) in [4.78, 5) is 6.69. The molecule has 2 aliphatic heterocycles. The minimum atomic E-state index is -1.88. The molecule has 0 spiro atoms. The highest BCUT2D eigenvalue weighted by Gasteiger charge is 2.77. The molecule has 7 nitrogen and oxygen atoms in total. The van der Waals surface area contributed by atoms with Gasteiger partial charge in [0, 0.05) is 28.9 Å². The first kappa shape index (κ1) is 24.4. The molecule has 0 amide bonds. The van der Waals surface area contributed by atoms with Crippen LogP contribution in [0.15, 0.2) is 65.1 Å². The van der Waals surface area contributed by atoms with Crippen molar-refractivity contribution in [1.82, 2.24) is 9.88 Å². The standard InChI is InChI=1S/C29H28BrN3O4/c1-36-27-25-23(15-21(16-31)32-27)37-29(19-9-11-20(30)12-10-19)24(18-7-3-2-4-8-18)22(26(34)28(25,29)35)17-33-13-5-6-14-33/h2-4,7-12,15,22,24,26,34-35H,5-6,13-14,17H2,1H3. The predicted molar refractivity (Wildman–Crippen MR) is 140 cm³/mol. The second-order valence-corrected chi connectivity index (χ2v) is 11.0. The van der Waals surface area contributed by atoms with E-state index in [0.29, 0.717) is 12.3 Å². The Balaban J connectivity index is 1.65. The minimum absolute atomic E-state index is 0.0863. The number of benzene rings is 2. The molecule has 1 saturated carbocycles. The summed E-state index contributed by atoms with van der Waals surface area (Å²) in [6.45, 7) is 2.54. The average molecular weight is 562 g/mol. The Hall–Kier alpha value is -2.96. The maximum atomic E-state index is 12.9. The summed E-state index contributed by atoms with van der Waals surface area (Å²) in [5.41, 5.74) is -1.17. The Morgan fingerprint density at radius 3 is 2.51 bits per heavy atom. The molecule has 0 bridgehead atoms. The van der Waals surface area contributed by atoms with Gasteiger partial charge < -0.3 is 24.6 Å². The van der Waals surface area contributed by atoms with Gasteiger partial charge in [0.15, 0.2) is 11.2 Å². The lowest BCUT2D eigenvalue weighted by atomic mass is 9.71. The van der Waals surface area contributed by atoms with E-state index in [1.807, 2.05) is 54.6 Å². The number of halogens is 1. The number of aromatic nitrogens is 1. The lowest BCUT2D eigenvalue weighted by Crippen LogP contribution is -2.52. The fourth-order valence-electron chi connectivity index (χ4n) is 6.80. The van der Waals surface area contributed by atoms with Crippen LogP contribution in [0.1, 0.15) is 41.1 Å². The number of ether oxygens (including phenoxy) is 2. The van der Waals surface area contributed by atoms with Gasteiger partial charge in [0.25, 0.3) is 0 Å². The van der Waals surface area contributed by atoms with E-state index in [9.17, 15) is 15.5 Å². The van der Waals surface area contributed by atoms with Gasteiger partial charge in [-0.25, -0.2) is 4.98 Å². The molecule has 37 heavy (non-hydrogen) atoms. The monoisotopic (exact) mass is 561 g/mol. The van der Waals surface area contributed by atoms with Crippen molar-refractivity contribution in [2.24, 2.45) is 5.92 Å². The van der Waals surface area contributed by atoms with Crippen molar-refractivity contribution in [3.05, 3.63) is 87.5 Å². The average Bonchev–Trinajstić information content (AvgIpc) is 3.57. The maximum absolute atomic E-state index is 12.9. The molecule has 3 heterocycles. The summed E-state index contributed by atoms with van der Waals surface area (Å²) in [5.74, 6) is -0.364. The Morgan fingerprint density at radius 2 is 1.86 bits per heavy atom. The van der Waals surface area contributed by atoms with E-state index in [4.69, 9.17) is 9.47 Å². The van der Waals surface area contributed by atoms with Crippen molar-refractivity contribution < 1.29 is 19.7 Å². The number of hydrogen-bond donors (Lipinski definition) is 2. The normalized spacial score (nSPS) is 30.4. The zero-order valence-corrected chi connectivity index (χ0v) is 22.1. The molecule has 5 unspecified atom stereocenters. The number of hydrogen-bond acceptors (Lipinski definition) is 7. The van der Waals surface area contributed by atoms with Crippen molar-refractivity contribution in [3.63, 3.8) is 0 Å². The molecule has 6 rings (SSSR count). The highest BCUT2D eigenvalue weighted by molar-refractivity contribution is 9.10. The molecule has 2 N–H and O–H groups in total. The first-order valence-electron chi connectivity index (χ1n) is 12.6. The van der Waals surface area contributed by atoms with Crippen molar-refractivity contribution in [3.8, 4) is 17.7 Å². The van der Waals surface area contributed by atoms with Gasteiger partial charge >= 0.3 is 0 Å². The number of aliphatic hydroxyl groups is 2. The van der Waals surface area contributed by atoms with E-state index in [-0.39, 0.29) is 23.1 Å². The first-order chi connectivity index (χ1) is 17.9. The molecular weight excluding hydrogens is 534 g/mol. The van der Waals surface area contributed by atoms with E-state index in [2.05, 4.69) is 31.9 Å². The zero-order chi connectivity index (χ0) is 25.8. The van der Waals surface area contributed by atoms with E-state index < -0.39 is 23.2 Å². The molecule has 3 aliphatic rings. The molecular formula is C29H28BrN3O4. The number of methoxy groups -OCH3 is 1. The number of nitriles is 1. The van der Waals surface area contributed by atoms with Crippen LogP contribution < -0.4 is 9.47 Å². The highest BCUT2D eigenvalue weighted by Crippen LogP contribution is 2.69. The lowest BCUT2D eigenvalue weighted by Gasteiger charge is -2.41. The predicted octanol–water partition coefficient (Wildman–Crippen LogP) is 4.07. The Bertz CT molecular complexity index is 1360. The van der Waals surface area contributed by atoms with Crippen molar-refractivity contribution in [2.45, 2.75) is 36.1 Å². The van der Waals surface area contributed by atoms with Crippen molar-refractivity contribution >= 4 is 15.9 Å². The fourth-order valence-corrected chi connectivity index (χ4v) is 7.07. The number of nitrogens with zero attached hydrogens (tertiary/aromatic N) is 3. The third-order valence-electron chi connectivity index (χ3n) is 8.28. The van der Waals surface area contributed by atoms with Crippen LogP contribution in [0, 0.1) is 17.2 Å². The van der Waals surface area contributed by atoms with Gasteiger partial charge in [-0.05, 0) is 49.2 Å². The molecule has 3 aromatic rings. The number of fused-ring (bicyclic) bond motifs is 3. The number of rotatable bonds is 5. The third kappa shape index (κ3) is 3.45. The van der Waals surface area contributed by atoms with E-state index >= 15 is 0 Å². The van der Waals surface area contributed by atoms with Gasteiger partial charge in [0.05, 0.1) is 18.8 Å². The topological polar surface area (TPSA) is 98.8 Å². The van der Waals surface area contributed by atoms with E-state index in [1.54, 1.807) is 0 Å². The zero-order valence-electron chi connectivity index (χ0n) is 20.5. The highest BCUT2D eigenvalue weighted by atomic mass is 79.9. The van der Waals surface area contributed by atoms with Crippen LogP contribution in [0.2, 0.25) is 0 Å². The van der Waals surface area contributed by atoms with Gasteiger partial charge in [0.2, 0.25) is 5.88 Å². The number of likely N-dealkylation sites (tertiary alicyclic amines) is 1. The minimum Gasteiger partial charge on any atom is -0.481 e. The smallest absolute Gasteiger partial charge is 0.224 e. The second-order valence-electron chi connectivity index (χ2n) is 10.1. The van der Waals surface area contributed by atoms with Crippen molar-refractivity contribution in [1.29, 1.82) is 5.26 Å². The van der Waals surface area contributed by atoms with Crippen LogP contribution in [0.25, 0.3) is 0 Å². The van der Waals surface area contributed by atoms with Crippen LogP contribution in [0.4, 0.5) is 0 Å². The molecule has 5 atom stereocenters. The quantitative estimate of drug-likeness (QED) is 0.484. The number of pyridine rings is 1. The van der Waals surface area contributed by atoms with Crippen LogP contribution >= 0.6 is 15.9 Å². The first-order valence-corrected chi connectivity index (χ1v) is 13.4. The van der Waals surface area contributed by atoms with Gasteiger partial charge in [-0.15, -0.1) is 0 Å². The van der Waals surface area contributed by atoms with E-state index in [1.165, 1.54) is 13.2 Å². The second kappa shape index (κ2) is 9.10. The van der Waals surface area contributed by atoms with Crippen LogP contribution in [-0.2, 0) is 11.2 Å². The third-order valence-corrected chi connectivity index (χ3v) is 8.80. The van der Waals surface area contributed by atoms with E-state index in [0.717, 1.165) is 41.5 Å². The Labute approximate surface area is 224 Å². The van der Waals surface area contributed by atoms with Crippen LogP contribution in [-0.4, -0.2) is 52.9 Å². The lowest BCUT2D eigenvalue weighted by molar-refractivity contribution is -0.152. The fraction of sp³-hybridized carbons (Fsp3) is 0.379. The summed E-state index contributed by atoms with van der Waals surface area (Å²) >= 11 is 3.52. The molecule has 1 aliphatic carbocycles. The van der Waals surface area contributed by atoms with Gasteiger partial charge in [0.1, 0.15) is 17.5 Å². The maximum Gasteiger partial charge on any atom is 0.224 e. The summed E-state index contributed by atoms with van der Waals surface area (Å²) in [6, 6.07) is 21.2. The van der Waals surface area contributed by atoms with Gasteiger partial charge in [-0.1, -0.05) is 58.4 Å². The van der Waals surface area contributed by atoms with Gasteiger partial charge in [-0.2, -0.15) is 5.26 Å². The SMILES string of the molecule is COc1nc(C#N)cc2c1C1(O)C(O)C(CN3CCCC3)C(c3ccccc3)C1(c1ccc(Br)cc1)O2. The number of aliphatic hydroxyl groups excluding tert-OH is 1. The molecule has 2 fully saturated rings. The van der Waals surface area contributed by atoms with Crippen LogP contribution in [0.5, 0.6) is 11.6 Å². The summed E-state index contributed by atoms with van der Waals surface area (Å²) < 4.78 is 13.3. The molecule has 2 aromatic carbocycles. The van der Waals surface area contributed by atoms with Gasteiger partial charge in [-0.3, -0.25) is 0 Å². The van der Waals surface area contributed by atoms with Crippen LogP contribution in [0.3, 0.4) is 0 Å². The van der Waals surface area contributed by atoms with Crippen molar-refractivity contribution in [2.75, 3.05) is 26.7 Å². The molecule has 190 valence electrons. The summed E-state index contributed by atoms with van der Waals surface area (Å²) in [6.07, 6.45) is 1.05. The molecule has 8 heteroatoms. The largest absolute Gasteiger partial charge is 0.481 e. The molecule has 1 aromatic heterocycles. The summed E-state index contributed by atoms with van der Waals surface area (Å²) in [5, 5.41) is 34.6. The Kier molecular flexibility index (Phi) is 6.00. The Morgan fingerprint density at radius 1 is 1.16 bits per heavy atom. The summed E-state index contributed by atoms with van der Waals surface area (Å²) in [7, 11) is 1.45. The molecule has 1 saturated heterocycles. The molecule has 0 radical (unpaired) electrons.